The minimum absolute atomic E-state index is 0.240. The SMILES string of the molecule is O=C(C1CCCCN1S(=O)(=O)c1cccs1)N(Cc1cccnc1)c1nc2ccc(Cl)cc2s1. The molecule has 11 heteroatoms. The van der Waals surface area contributed by atoms with Crippen molar-refractivity contribution >= 4 is 65.6 Å². The van der Waals surface area contributed by atoms with E-state index in [4.69, 9.17) is 11.6 Å². The first kappa shape index (κ1) is 23.4. The number of nitrogens with zero attached hydrogens (tertiary/aromatic N) is 4. The number of benzene rings is 1. The largest absolute Gasteiger partial charge is 0.282 e. The molecular formula is C23H21ClN4O3S3. The van der Waals surface area contributed by atoms with Gasteiger partial charge in [0, 0.05) is 24.0 Å². The van der Waals surface area contributed by atoms with Crippen LogP contribution in [0, 0.1) is 0 Å². The van der Waals surface area contributed by atoms with Crippen molar-refractivity contribution in [1.29, 1.82) is 0 Å². The van der Waals surface area contributed by atoms with Crippen LogP contribution in [0.2, 0.25) is 5.02 Å². The van der Waals surface area contributed by atoms with Crippen molar-refractivity contribution in [3.8, 4) is 0 Å². The summed E-state index contributed by atoms with van der Waals surface area (Å²) in [5, 5.41) is 2.83. The molecule has 1 amide bonds. The number of anilines is 1. The van der Waals surface area contributed by atoms with Crippen LogP contribution in [-0.4, -0.2) is 41.2 Å². The lowest BCUT2D eigenvalue weighted by Gasteiger charge is -2.35. The van der Waals surface area contributed by atoms with E-state index in [1.165, 1.54) is 15.6 Å². The van der Waals surface area contributed by atoms with Crippen LogP contribution in [0.4, 0.5) is 5.13 Å². The van der Waals surface area contributed by atoms with Gasteiger partial charge in [0.25, 0.3) is 10.0 Å². The maximum absolute atomic E-state index is 14.0. The van der Waals surface area contributed by atoms with Crippen molar-refractivity contribution in [2.75, 3.05) is 11.4 Å². The van der Waals surface area contributed by atoms with Crippen LogP contribution in [0.15, 0.2) is 64.4 Å². The molecule has 0 spiro atoms. The van der Waals surface area contributed by atoms with Gasteiger partial charge in [-0.05, 0) is 54.1 Å². The van der Waals surface area contributed by atoms with Crippen molar-refractivity contribution < 1.29 is 13.2 Å². The standard InChI is InChI=1S/C23H21ClN4O3S3/c24-17-8-9-18-20(13-17)33-23(26-18)27(15-16-5-3-10-25-14-16)22(29)19-6-1-2-11-28(19)34(30,31)21-7-4-12-32-21/h3-5,7-10,12-14,19H,1-2,6,11,15H2. The van der Waals surface area contributed by atoms with E-state index in [9.17, 15) is 13.2 Å². The summed E-state index contributed by atoms with van der Waals surface area (Å²) in [7, 11) is -3.77. The second kappa shape index (κ2) is 9.71. The molecule has 1 fully saturated rings. The molecule has 0 bridgehead atoms. The Morgan fingerprint density at radius 3 is 2.85 bits per heavy atom. The first-order valence-corrected chi connectivity index (χ1v) is 14.3. The number of pyridine rings is 1. The van der Waals surface area contributed by atoms with Crippen molar-refractivity contribution in [3.05, 3.63) is 70.8 Å². The zero-order chi connectivity index (χ0) is 23.7. The average molecular weight is 533 g/mol. The van der Waals surface area contributed by atoms with E-state index in [0.29, 0.717) is 23.1 Å². The molecule has 5 rings (SSSR count). The predicted octanol–water partition coefficient (Wildman–Crippen LogP) is 5.18. The molecule has 0 aliphatic carbocycles. The van der Waals surface area contributed by atoms with Gasteiger partial charge in [0.2, 0.25) is 5.91 Å². The topological polar surface area (TPSA) is 83.5 Å². The quantitative estimate of drug-likeness (QED) is 0.341. The molecular weight excluding hydrogens is 512 g/mol. The molecule has 1 aliphatic rings. The Hall–Kier alpha value is -2.37. The zero-order valence-electron chi connectivity index (χ0n) is 18.0. The third-order valence-electron chi connectivity index (χ3n) is 5.70. The maximum Gasteiger partial charge on any atom is 0.253 e. The number of aromatic nitrogens is 2. The third-order valence-corrected chi connectivity index (χ3v) is 10.3. The third kappa shape index (κ3) is 4.60. The Bertz CT molecular complexity index is 1410. The van der Waals surface area contributed by atoms with Crippen molar-refractivity contribution in [3.63, 3.8) is 0 Å². The fourth-order valence-corrected chi connectivity index (χ4v) is 8.08. The first-order chi connectivity index (χ1) is 16.4. The monoisotopic (exact) mass is 532 g/mol. The predicted molar refractivity (Wildman–Crippen MR) is 136 cm³/mol. The summed E-state index contributed by atoms with van der Waals surface area (Å²) in [5.41, 5.74) is 1.57. The molecule has 1 atom stereocenters. The molecule has 3 aromatic heterocycles. The number of piperidine rings is 1. The Kier molecular flexibility index (Phi) is 6.67. The number of sulfonamides is 1. The number of carbonyl (C=O) groups is 1. The number of halogens is 1. The van der Waals surface area contributed by atoms with E-state index < -0.39 is 16.1 Å². The lowest BCUT2D eigenvalue weighted by atomic mass is 10.0. The lowest BCUT2D eigenvalue weighted by Crippen LogP contribution is -2.52. The highest BCUT2D eigenvalue weighted by atomic mass is 35.5. The highest BCUT2D eigenvalue weighted by molar-refractivity contribution is 7.91. The lowest BCUT2D eigenvalue weighted by molar-refractivity contribution is -0.123. The summed E-state index contributed by atoms with van der Waals surface area (Å²) < 4.78 is 29.2. The minimum Gasteiger partial charge on any atom is -0.282 e. The van der Waals surface area contributed by atoms with E-state index in [1.807, 2.05) is 24.3 Å². The summed E-state index contributed by atoms with van der Waals surface area (Å²) in [6.45, 7) is 0.552. The van der Waals surface area contributed by atoms with Crippen LogP contribution in [-0.2, 0) is 21.4 Å². The van der Waals surface area contributed by atoms with Crippen LogP contribution in [0.3, 0.4) is 0 Å². The minimum atomic E-state index is -3.77. The van der Waals surface area contributed by atoms with Crippen LogP contribution in [0.5, 0.6) is 0 Å². The number of thiazole rings is 1. The van der Waals surface area contributed by atoms with Gasteiger partial charge >= 0.3 is 0 Å². The zero-order valence-corrected chi connectivity index (χ0v) is 21.2. The smallest absolute Gasteiger partial charge is 0.253 e. The van der Waals surface area contributed by atoms with E-state index in [2.05, 4.69) is 9.97 Å². The number of rotatable bonds is 6. The maximum atomic E-state index is 14.0. The van der Waals surface area contributed by atoms with Gasteiger partial charge in [0.1, 0.15) is 10.3 Å². The number of carbonyl (C=O) groups excluding carboxylic acids is 1. The number of hydrogen-bond donors (Lipinski definition) is 0. The van der Waals surface area contributed by atoms with Gasteiger partial charge in [0.05, 0.1) is 16.8 Å². The number of thiophene rings is 1. The highest BCUT2D eigenvalue weighted by Crippen LogP contribution is 2.34. The summed E-state index contributed by atoms with van der Waals surface area (Å²) in [5.74, 6) is -0.283. The number of fused-ring (bicyclic) bond motifs is 1. The van der Waals surface area contributed by atoms with Crippen LogP contribution in [0.1, 0.15) is 24.8 Å². The molecule has 7 nitrogen and oxygen atoms in total. The van der Waals surface area contributed by atoms with E-state index in [0.717, 1.165) is 40.0 Å². The number of amides is 1. The van der Waals surface area contributed by atoms with Crippen LogP contribution < -0.4 is 4.90 Å². The normalized spacial score (nSPS) is 17.1. The molecule has 1 aliphatic heterocycles. The summed E-state index contributed by atoms with van der Waals surface area (Å²) >= 11 is 8.68. The Balaban J connectivity index is 1.54. The average Bonchev–Trinajstić information content (AvgIpc) is 3.53. The Morgan fingerprint density at radius 1 is 1.21 bits per heavy atom. The van der Waals surface area contributed by atoms with Gasteiger partial charge in [-0.3, -0.25) is 14.7 Å². The molecule has 1 saturated heterocycles. The van der Waals surface area contributed by atoms with Crippen molar-refractivity contribution in [2.24, 2.45) is 0 Å². The fourth-order valence-electron chi connectivity index (χ4n) is 4.06. The summed E-state index contributed by atoms with van der Waals surface area (Å²) in [6.07, 6.45) is 5.33. The van der Waals surface area contributed by atoms with Crippen LogP contribution >= 0.6 is 34.3 Å². The molecule has 0 saturated carbocycles. The Labute approximate surface area is 210 Å². The van der Waals surface area contributed by atoms with Crippen molar-refractivity contribution in [1.82, 2.24) is 14.3 Å². The van der Waals surface area contributed by atoms with E-state index in [-0.39, 0.29) is 16.7 Å². The summed E-state index contributed by atoms with van der Waals surface area (Å²) in [6, 6.07) is 11.6. The molecule has 0 N–H and O–H groups in total. The van der Waals surface area contributed by atoms with Gasteiger partial charge in [-0.15, -0.1) is 11.3 Å². The highest BCUT2D eigenvalue weighted by Gasteiger charge is 2.40. The molecule has 34 heavy (non-hydrogen) atoms. The summed E-state index contributed by atoms with van der Waals surface area (Å²) in [4.78, 5) is 24.5. The molecule has 0 radical (unpaired) electrons. The molecule has 1 aromatic carbocycles. The van der Waals surface area contributed by atoms with Gasteiger partial charge in [-0.2, -0.15) is 4.31 Å². The molecule has 4 aromatic rings. The van der Waals surface area contributed by atoms with Crippen molar-refractivity contribution in [2.45, 2.75) is 36.1 Å². The molecule has 1 unspecified atom stereocenters. The number of hydrogen-bond acceptors (Lipinski definition) is 7. The Morgan fingerprint density at radius 2 is 2.09 bits per heavy atom. The van der Waals surface area contributed by atoms with Gasteiger partial charge in [0.15, 0.2) is 5.13 Å². The molecule has 4 heterocycles. The van der Waals surface area contributed by atoms with Crippen LogP contribution in [0.25, 0.3) is 10.2 Å². The first-order valence-electron chi connectivity index (χ1n) is 10.8. The van der Waals surface area contributed by atoms with E-state index in [1.54, 1.807) is 40.9 Å². The second-order valence-electron chi connectivity index (χ2n) is 7.95. The van der Waals surface area contributed by atoms with Gasteiger partial charge < -0.3 is 0 Å². The fraction of sp³-hybridized carbons (Fsp3) is 0.261. The second-order valence-corrected chi connectivity index (χ2v) is 12.5. The molecule has 176 valence electrons. The van der Waals surface area contributed by atoms with Gasteiger partial charge in [-0.1, -0.05) is 41.5 Å². The van der Waals surface area contributed by atoms with E-state index >= 15 is 0 Å². The van der Waals surface area contributed by atoms with Gasteiger partial charge in [-0.25, -0.2) is 13.4 Å².